The zero-order valence-electron chi connectivity index (χ0n) is 11.8. The highest BCUT2D eigenvalue weighted by atomic mass is 16.2. The number of hydrogen-bond acceptors (Lipinski definition) is 2. The summed E-state index contributed by atoms with van der Waals surface area (Å²) in [5.74, 6) is 1.24. The number of hydrogen-bond donors (Lipinski definition) is 0. The van der Waals surface area contributed by atoms with Crippen LogP contribution < -0.4 is 0 Å². The monoisotopic (exact) mass is 271 g/mol. The molecule has 2 aliphatic carbocycles. The predicted molar refractivity (Wildman–Crippen MR) is 76.1 cm³/mol. The van der Waals surface area contributed by atoms with Gasteiger partial charge in [0.15, 0.2) is 0 Å². The van der Waals surface area contributed by atoms with Crippen molar-refractivity contribution in [3.8, 4) is 0 Å². The van der Waals surface area contributed by atoms with Gasteiger partial charge in [-0.15, -0.1) is 0 Å². The van der Waals surface area contributed by atoms with E-state index in [0.717, 1.165) is 38.9 Å². The molecule has 4 heteroatoms. The maximum atomic E-state index is 12.6. The van der Waals surface area contributed by atoms with Crippen LogP contribution in [0.2, 0.25) is 0 Å². The smallest absolute Gasteiger partial charge is 0.226 e. The van der Waals surface area contributed by atoms with Crippen LogP contribution in [0.15, 0.2) is 18.2 Å². The minimum Gasteiger partial charge on any atom is -0.335 e. The Morgan fingerprint density at radius 3 is 2.85 bits per heavy atom. The van der Waals surface area contributed by atoms with Crippen molar-refractivity contribution in [1.29, 1.82) is 0 Å². The normalized spacial score (nSPS) is 25.6. The van der Waals surface area contributed by atoms with Crippen molar-refractivity contribution in [1.82, 2.24) is 14.7 Å². The lowest BCUT2D eigenvalue weighted by Gasteiger charge is -2.31. The van der Waals surface area contributed by atoms with Crippen LogP contribution in [0.25, 0.3) is 0 Å². The third kappa shape index (κ3) is 2.17. The highest BCUT2D eigenvalue weighted by molar-refractivity contribution is 5.79. The van der Waals surface area contributed by atoms with Gasteiger partial charge in [0.25, 0.3) is 0 Å². The number of rotatable bonds is 2. The van der Waals surface area contributed by atoms with E-state index < -0.39 is 0 Å². The van der Waals surface area contributed by atoms with E-state index in [-0.39, 0.29) is 5.92 Å². The molecule has 2 heterocycles. The molecule has 0 N–H and O–H groups in total. The second-order valence-corrected chi connectivity index (χ2v) is 6.30. The van der Waals surface area contributed by atoms with Gasteiger partial charge in [-0.25, -0.2) is 0 Å². The minimum atomic E-state index is 0.206. The van der Waals surface area contributed by atoms with E-state index >= 15 is 0 Å². The van der Waals surface area contributed by atoms with Crippen molar-refractivity contribution < 1.29 is 4.79 Å². The van der Waals surface area contributed by atoms with Gasteiger partial charge in [-0.3, -0.25) is 9.48 Å². The van der Waals surface area contributed by atoms with Crippen molar-refractivity contribution in [2.75, 3.05) is 6.54 Å². The summed E-state index contributed by atoms with van der Waals surface area (Å²) in [6, 6.07) is 2.22. The molecular weight excluding hydrogens is 250 g/mol. The molecule has 1 fully saturated rings. The Labute approximate surface area is 119 Å². The van der Waals surface area contributed by atoms with Gasteiger partial charge in [-0.05, 0) is 38.2 Å². The third-order valence-corrected chi connectivity index (χ3v) is 4.74. The van der Waals surface area contributed by atoms with Crippen LogP contribution in [0.1, 0.15) is 49.4 Å². The van der Waals surface area contributed by atoms with Crippen LogP contribution >= 0.6 is 0 Å². The lowest BCUT2D eigenvalue weighted by molar-refractivity contribution is -0.137. The van der Waals surface area contributed by atoms with Crippen molar-refractivity contribution in [2.24, 2.45) is 5.92 Å². The number of aromatic nitrogens is 2. The summed E-state index contributed by atoms with van der Waals surface area (Å²) in [6.45, 7) is 2.42. The molecule has 1 aromatic heterocycles. The first-order valence-corrected chi connectivity index (χ1v) is 7.81. The van der Waals surface area contributed by atoms with Crippen LogP contribution in [-0.2, 0) is 17.9 Å². The van der Waals surface area contributed by atoms with E-state index in [1.165, 1.54) is 24.2 Å². The first kappa shape index (κ1) is 12.2. The summed E-state index contributed by atoms with van der Waals surface area (Å²) in [5, 5.41) is 4.69. The van der Waals surface area contributed by atoms with E-state index in [4.69, 9.17) is 0 Å². The third-order valence-electron chi connectivity index (χ3n) is 4.74. The van der Waals surface area contributed by atoms with E-state index in [9.17, 15) is 4.79 Å². The molecule has 1 unspecified atom stereocenters. The van der Waals surface area contributed by atoms with Gasteiger partial charge in [0.05, 0.1) is 24.5 Å². The Kier molecular flexibility index (Phi) is 2.90. The molecule has 4 rings (SSSR count). The number of allylic oxidation sites excluding steroid dienone is 2. The standard InChI is InChI=1S/C16H21N3O/c20-16(13-4-2-1-3-5-13)18-8-9-19-14(11-18)10-15(17-19)12-6-7-12/h1-2,10,12-13H,3-9,11H2. The van der Waals surface area contributed by atoms with E-state index in [0.29, 0.717) is 11.8 Å². The number of fused-ring (bicyclic) bond motifs is 1. The van der Waals surface area contributed by atoms with E-state index in [1.54, 1.807) is 0 Å². The topological polar surface area (TPSA) is 38.1 Å². The maximum absolute atomic E-state index is 12.6. The predicted octanol–water partition coefficient (Wildman–Crippen LogP) is 2.46. The van der Waals surface area contributed by atoms with Gasteiger partial charge in [0, 0.05) is 18.4 Å². The van der Waals surface area contributed by atoms with Crippen LogP contribution in [0.4, 0.5) is 0 Å². The fraction of sp³-hybridized carbons (Fsp3) is 0.625. The molecule has 20 heavy (non-hydrogen) atoms. The Morgan fingerprint density at radius 2 is 2.10 bits per heavy atom. The fourth-order valence-electron chi connectivity index (χ4n) is 3.33. The summed E-state index contributed by atoms with van der Waals surface area (Å²) in [4.78, 5) is 14.6. The zero-order valence-corrected chi connectivity index (χ0v) is 11.8. The van der Waals surface area contributed by atoms with Gasteiger partial charge < -0.3 is 4.90 Å². The Balaban J connectivity index is 1.48. The SMILES string of the molecule is O=C(C1CC=CCC1)N1CCn2nc(C3CC3)cc2C1. The van der Waals surface area contributed by atoms with E-state index in [1.807, 2.05) is 4.90 Å². The lowest BCUT2D eigenvalue weighted by atomic mass is 9.93. The largest absolute Gasteiger partial charge is 0.335 e. The highest BCUT2D eigenvalue weighted by Crippen LogP contribution is 2.39. The fourth-order valence-corrected chi connectivity index (χ4v) is 3.33. The second kappa shape index (κ2) is 4.76. The molecule has 4 nitrogen and oxygen atoms in total. The quantitative estimate of drug-likeness (QED) is 0.775. The van der Waals surface area contributed by atoms with E-state index in [2.05, 4.69) is 28.0 Å². The Bertz CT molecular complexity index is 556. The summed E-state index contributed by atoms with van der Waals surface area (Å²) in [6.07, 6.45) is 9.90. The molecule has 0 saturated heterocycles. The van der Waals surface area contributed by atoms with Crippen molar-refractivity contribution in [2.45, 2.75) is 51.1 Å². The first-order chi connectivity index (χ1) is 9.81. The number of amides is 1. The average molecular weight is 271 g/mol. The molecular formula is C16H21N3O. The lowest BCUT2D eigenvalue weighted by Crippen LogP contribution is -2.41. The van der Waals surface area contributed by atoms with Crippen LogP contribution in [-0.4, -0.2) is 27.1 Å². The van der Waals surface area contributed by atoms with Gasteiger partial charge in [0.2, 0.25) is 5.91 Å². The second-order valence-electron chi connectivity index (χ2n) is 6.30. The molecule has 3 aliphatic rings. The van der Waals surface area contributed by atoms with Crippen molar-refractivity contribution in [3.63, 3.8) is 0 Å². The number of carbonyl (C=O) groups excluding carboxylic acids is 1. The average Bonchev–Trinajstić information content (AvgIpc) is 3.26. The minimum absolute atomic E-state index is 0.206. The molecule has 0 bridgehead atoms. The van der Waals surface area contributed by atoms with Crippen molar-refractivity contribution in [3.05, 3.63) is 29.6 Å². The number of carbonyl (C=O) groups is 1. The summed E-state index contributed by atoms with van der Waals surface area (Å²) < 4.78 is 2.11. The van der Waals surface area contributed by atoms with Gasteiger partial charge in [0.1, 0.15) is 0 Å². The molecule has 0 spiro atoms. The summed E-state index contributed by atoms with van der Waals surface area (Å²) in [5.41, 5.74) is 2.47. The van der Waals surface area contributed by atoms with Gasteiger partial charge >= 0.3 is 0 Å². The van der Waals surface area contributed by atoms with Crippen LogP contribution in [0.3, 0.4) is 0 Å². The summed E-state index contributed by atoms with van der Waals surface area (Å²) in [7, 11) is 0. The molecule has 1 aromatic rings. The molecule has 1 aliphatic heterocycles. The van der Waals surface area contributed by atoms with Gasteiger partial charge in [-0.2, -0.15) is 5.10 Å². The zero-order chi connectivity index (χ0) is 13.5. The molecule has 106 valence electrons. The molecule has 1 saturated carbocycles. The Hall–Kier alpha value is -1.58. The van der Waals surface area contributed by atoms with Gasteiger partial charge in [-0.1, -0.05) is 12.2 Å². The summed E-state index contributed by atoms with van der Waals surface area (Å²) >= 11 is 0. The first-order valence-electron chi connectivity index (χ1n) is 7.81. The highest BCUT2D eigenvalue weighted by Gasteiger charge is 2.31. The molecule has 1 atom stereocenters. The molecule has 0 aromatic carbocycles. The van der Waals surface area contributed by atoms with Crippen LogP contribution in [0.5, 0.6) is 0 Å². The number of nitrogens with zero attached hydrogens (tertiary/aromatic N) is 3. The molecule has 1 amide bonds. The maximum Gasteiger partial charge on any atom is 0.226 e. The van der Waals surface area contributed by atoms with Crippen molar-refractivity contribution >= 4 is 5.91 Å². The molecule has 0 radical (unpaired) electrons. The van der Waals surface area contributed by atoms with Crippen LogP contribution in [0, 0.1) is 5.92 Å². The Morgan fingerprint density at radius 1 is 1.20 bits per heavy atom.